The van der Waals surface area contributed by atoms with Gasteiger partial charge in [0.25, 0.3) is 5.91 Å². The number of nitrogens with one attached hydrogen (secondary N) is 1. The molecule has 4 rings (SSSR count). The fraction of sp³-hybridized carbons (Fsp3) is 0.267. The molecule has 3 aromatic carbocycles. The third-order valence-corrected chi connectivity index (χ3v) is 6.14. The Morgan fingerprint density at radius 1 is 1.06 bits per heavy atom. The molecule has 1 N–H and O–H groups in total. The van der Waals surface area contributed by atoms with E-state index in [1.54, 1.807) is 31.4 Å². The fourth-order valence-electron chi connectivity index (χ4n) is 4.27. The van der Waals surface area contributed by atoms with Gasteiger partial charge in [-0.15, -0.1) is 6.58 Å². The van der Waals surface area contributed by atoms with Gasteiger partial charge in [-0.1, -0.05) is 36.4 Å². The number of hydrogen-bond acceptors (Lipinski definition) is 4. The first-order valence-electron chi connectivity index (χ1n) is 12.3. The van der Waals surface area contributed by atoms with Crippen LogP contribution >= 0.6 is 0 Å². The Kier molecular flexibility index (Phi) is 8.40. The highest BCUT2D eigenvalue weighted by atomic mass is 16.5. The molecule has 1 atom stereocenters. The maximum atomic E-state index is 12.9. The zero-order chi connectivity index (χ0) is 25.3. The van der Waals surface area contributed by atoms with E-state index in [4.69, 9.17) is 14.5 Å². The number of amides is 1. The second kappa shape index (κ2) is 12.1. The molecule has 0 spiro atoms. The highest BCUT2D eigenvalue weighted by molar-refractivity contribution is 5.94. The number of nitrogens with zero attached hydrogens (tertiary/aromatic N) is 2. The summed E-state index contributed by atoms with van der Waals surface area (Å²) in [7, 11) is 1.61. The lowest BCUT2D eigenvalue weighted by atomic mass is 10.1. The van der Waals surface area contributed by atoms with Crippen LogP contribution in [-0.4, -0.2) is 29.2 Å². The van der Waals surface area contributed by atoms with Gasteiger partial charge in [0.1, 0.15) is 17.3 Å². The number of benzene rings is 3. The minimum absolute atomic E-state index is 0.143. The van der Waals surface area contributed by atoms with Crippen molar-refractivity contribution in [2.45, 2.75) is 38.8 Å². The zero-order valence-electron chi connectivity index (χ0n) is 20.9. The van der Waals surface area contributed by atoms with Gasteiger partial charge in [-0.25, -0.2) is 4.98 Å². The third-order valence-electron chi connectivity index (χ3n) is 6.14. The highest BCUT2D eigenvalue weighted by Gasteiger charge is 2.19. The van der Waals surface area contributed by atoms with Crippen molar-refractivity contribution in [2.24, 2.45) is 0 Å². The van der Waals surface area contributed by atoms with Gasteiger partial charge in [0, 0.05) is 12.1 Å². The number of methoxy groups -OCH3 is 1. The summed E-state index contributed by atoms with van der Waals surface area (Å²) in [5, 5.41) is 3.10. The first-order chi connectivity index (χ1) is 17.6. The summed E-state index contributed by atoms with van der Waals surface area (Å²) < 4.78 is 13.4. The molecule has 186 valence electrons. The monoisotopic (exact) mass is 483 g/mol. The van der Waals surface area contributed by atoms with Crippen LogP contribution in [0.4, 0.5) is 0 Å². The molecule has 0 aliphatic rings. The van der Waals surface area contributed by atoms with E-state index in [0.29, 0.717) is 12.2 Å². The molecule has 36 heavy (non-hydrogen) atoms. The maximum Gasteiger partial charge on any atom is 0.251 e. The number of rotatable bonds is 12. The van der Waals surface area contributed by atoms with Crippen LogP contribution in [0.5, 0.6) is 11.5 Å². The molecule has 0 aliphatic heterocycles. The lowest BCUT2D eigenvalue weighted by molar-refractivity contribution is 0.0937. The number of ether oxygens (including phenoxy) is 2. The Hall–Kier alpha value is -4.06. The van der Waals surface area contributed by atoms with Crippen molar-refractivity contribution in [1.82, 2.24) is 14.9 Å². The topological polar surface area (TPSA) is 65.4 Å². The molecule has 6 nitrogen and oxygen atoms in total. The molecule has 0 saturated heterocycles. The molecule has 1 amide bonds. The normalized spacial score (nSPS) is 11.7. The van der Waals surface area contributed by atoms with Crippen molar-refractivity contribution >= 4 is 16.9 Å². The van der Waals surface area contributed by atoms with Crippen molar-refractivity contribution in [1.29, 1.82) is 0 Å². The van der Waals surface area contributed by atoms with E-state index >= 15 is 0 Å². The van der Waals surface area contributed by atoms with Gasteiger partial charge >= 0.3 is 0 Å². The van der Waals surface area contributed by atoms with Crippen molar-refractivity contribution in [2.75, 3.05) is 13.7 Å². The van der Waals surface area contributed by atoms with Crippen molar-refractivity contribution in [3.05, 3.63) is 102 Å². The van der Waals surface area contributed by atoms with Crippen LogP contribution in [0.1, 0.15) is 47.6 Å². The van der Waals surface area contributed by atoms with E-state index in [1.165, 1.54) is 0 Å². The van der Waals surface area contributed by atoms with Crippen LogP contribution < -0.4 is 14.8 Å². The minimum atomic E-state index is -0.256. The molecular weight excluding hydrogens is 450 g/mol. The number of carbonyl (C=O) groups excluding carboxylic acids is 1. The van der Waals surface area contributed by atoms with Gasteiger partial charge < -0.3 is 19.4 Å². The molecule has 1 aromatic heterocycles. The maximum absolute atomic E-state index is 12.9. The summed E-state index contributed by atoms with van der Waals surface area (Å²) in [6.45, 7) is 7.23. The van der Waals surface area contributed by atoms with Crippen LogP contribution in [0.25, 0.3) is 11.0 Å². The van der Waals surface area contributed by atoms with Crippen LogP contribution in [0.3, 0.4) is 0 Å². The van der Waals surface area contributed by atoms with Crippen molar-refractivity contribution in [3.63, 3.8) is 0 Å². The summed E-state index contributed by atoms with van der Waals surface area (Å²) in [6.07, 6.45) is 4.51. The smallest absolute Gasteiger partial charge is 0.251 e. The van der Waals surface area contributed by atoms with Gasteiger partial charge in [0.05, 0.1) is 30.8 Å². The van der Waals surface area contributed by atoms with E-state index < -0.39 is 0 Å². The van der Waals surface area contributed by atoms with Gasteiger partial charge in [-0.2, -0.15) is 0 Å². The summed E-state index contributed by atoms with van der Waals surface area (Å²) in [6, 6.07) is 23.0. The second-order valence-electron chi connectivity index (χ2n) is 8.69. The van der Waals surface area contributed by atoms with E-state index in [0.717, 1.165) is 59.7 Å². The Morgan fingerprint density at radius 2 is 1.81 bits per heavy atom. The predicted octanol–water partition coefficient (Wildman–Crippen LogP) is 6.12. The summed E-state index contributed by atoms with van der Waals surface area (Å²) in [5.74, 6) is 2.33. The Labute approximate surface area is 212 Å². The number of imidazole rings is 1. The van der Waals surface area contributed by atoms with Gasteiger partial charge in [-0.05, 0) is 74.2 Å². The minimum Gasteiger partial charge on any atom is -0.497 e. The number of carbonyl (C=O) groups is 1. The Balaban J connectivity index is 1.41. The van der Waals surface area contributed by atoms with E-state index in [1.807, 2.05) is 49.4 Å². The molecule has 0 bridgehead atoms. The first kappa shape index (κ1) is 25.0. The SMILES string of the molecule is C=CCc1ccccc1OCCCCn1c(C(C)NC(=O)c2ccc(OC)cc2)nc2ccccc21. The number of aryl methyl sites for hydroxylation is 1. The summed E-state index contributed by atoms with van der Waals surface area (Å²) >= 11 is 0. The standard InChI is InChI=1S/C30H33N3O3/c1-4-11-23-12-5-8-15-28(23)36-21-10-9-20-33-27-14-7-6-13-26(27)32-29(33)22(2)31-30(34)24-16-18-25(35-3)19-17-24/h4-8,12-19,22H,1,9-11,20-21H2,2-3H3,(H,31,34). The summed E-state index contributed by atoms with van der Waals surface area (Å²) in [4.78, 5) is 17.7. The largest absolute Gasteiger partial charge is 0.497 e. The van der Waals surface area contributed by atoms with Crippen molar-refractivity contribution < 1.29 is 14.3 Å². The van der Waals surface area contributed by atoms with Gasteiger partial charge in [0.2, 0.25) is 0 Å². The number of allylic oxidation sites excluding steroid dienone is 1. The van der Waals surface area contributed by atoms with Crippen LogP contribution in [-0.2, 0) is 13.0 Å². The fourth-order valence-corrected chi connectivity index (χ4v) is 4.27. The molecule has 4 aromatic rings. The number of fused-ring (bicyclic) bond motifs is 1. The van der Waals surface area contributed by atoms with Crippen LogP contribution in [0.2, 0.25) is 0 Å². The molecule has 0 aliphatic carbocycles. The average Bonchev–Trinajstić information content (AvgIpc) is 3.28. The highest BCUT2D eigenvalue weighted by Crippen LogP contribution is 2.23. The zero-order valence-corrected chi connectivity index (χ0v) is 20.9. The van der Waals surface area contributed by atoms with E-state index in [9.17, 15) is 4.79 Å². The Morgan fingerprint density at radius 3 is 2.58 bits per heavy atom. The molecular formula is C30H33N3O3. The first-order valence-corrected chi connectivity index (χ1v) is 12.3. The molecule has 0 saturated carbocycles. The number of para-hydroxylation sites is 3. The molecule has 6 heteroatoms. The van der Waals surface area contributed by atoms with Crippen molar-refractivity contribution in [3.8, 4) is 11.5 Å². The van der Waals surface area contributed by atoms with Crippen LogP contribution in [0.15, 0.2) is 85.5 Å². The molecule has 1 unspecified atom stereocenters. The summed E-state index contributed by atoms with van der Waals surface area (Å²) in [5.41, 5.74) is 3.72. The predicted molar refractivity (Wildman–Crippen MR) is 144 cm³/mol. The number of unbranched alkanes of at least 4 members (excludes halogenated alkanes) is 1. The lowest BCUT2D eigenvalue weighted by Crippen LogP contribution is -2.28. The number of aromatic nitrogens is 2. The lowest BCUT2D eigenvalue weighted by Gasteiger charge is -2.17. The molecule has 0 fully saturated rings. The quantitative estimate of drug-likeness (QED) is 0.195. The molecule has 0 radical (unpaired) electrons. The third kappa shape index (κ3) is 5.95. The number of hydrogen-bond donors (Lipinski definition) is 1. The van der Waals surface area contributed by atoms with Gasteiger partial charge in [0.15, 0.2) is 0 Å². The van der Waals surface area contributed by atoms with Crippen LogP contribution in [0, 0.1) is 0 Å². The second-order valence-corrected chi connectivity index (χ2v) is 8.69. The van der Waals surface area contributed by atoms with Gasteiger partial charge in [-0.3, -0.25) is 4.79 Å². The van der Waals surface area contributed by atoms with E-state index in [2.05, 4.69) is 28.6 Å². The Bertz CT molecular complexity index is 1310. The average molecular weight is 484 g/mol. The molecule has 1 heterocycles. The van der Waals surface area contributed by atoms with E-state index in [-0.39, 0.29) is 11.9 Å².